The minimum absolute atomic E-state index is 0.115. The van der Waals surface area contributed by atoms with Crippen molar-refractivity contribution in [1.82, 2.24) is 4.31 Å². The molecule has 108 valence electrons. The molecule has 0 saturated carbocycles. The highest BCUT2D eigenvalue weighted by Crippen LogP contribution is 2.31. The number of halogens is 2. The number of nitrogens with zero attached hydrogens (tertiary/aromatic N) is 1. The van der Waals surface area contributed by atoms with Crippen molar-refractivity contribution in [2.45, 2.75) is 36.8 Å². The van der Waals surface area contributed by atoms with Gasteiger partial charge < -0.3 is 9.15 Å². The second kappa shape index (κ2) is 5.73. The zero-order chi connectivity index (χ0) is 14.2. The standard InChI is InChI=1S/C11H15BrClNO4S/c1-7-6-17-8(2)5-14(7)19(15,16)10-3-9(4-13)18-11(10)12/h3,7-8H,4-6H2,1-2H3. The van der Waals surface area contributed by atoms with Crippen LogP contribution in [0.5, 0.6) is 0 Å². The maximum atomic E-state index is 12.6. The largest absolute Gasteiger partial charge is 0.452 e. The van der Waals surface area contributed by atoms with Gasteiger partial charge >= 0.3 is 0 Å². The number of morpholine rings is 1. The van der Waals surface area contributed by atoms with Crippen molar-refractivity contribution in [3.05, 3.63) is 16.5 Å². The first-order valence-electron chi connectivity index (χ1n) is 5.84. The highest BCUT2D eigenvalue weighted by Gasteiger charge is 2.36. The average Bonchev–Trinajstić information content (AvgIpc) is 2.74. The summed E-state index contributed by atoms with van der Waals surface area (Å²) in [6.07, 6.45) is -0.121. The number of hydrogen-bond donors (Lipinski definition) is 0. The van der Waals surface area contributed by atoms with Crippen molar-refractivity contribution in [2.75, 3.05) is 13.2 Å². The lowest BCUT2D eigenvalue weighted by atomic mass is 10.2. The summed E-state index contributed by atoms with van der Waals surface area (Å²) in [6, 6.07) is 1.25. The molecule has 5 nitrogen and oxygen atoms in total. The Labute approximate surface area is 126 Å². The Bertz CT molecular complexity index is 559. The molecule has 19 heavy (non-hydrogen) atoms. The van der Waals surface area contributed by atoms with E-state index in [2.05, 4.69) is 15.9 Å². The van der Waals surface area contributed by atoms with Gasteiger partial charge in [0.05, 0.1) is 18.6 Å². The van der Waals surface area contributed by atoms with Gasteiger partial charge in [-0.1, -0.05) is 0 Å². The molecule has 1 aliphatic heterocycles. The SMILES string of the molecule is CC1CN(S(=O)(=O)c2cc(CCl)oc2Br)C(C)CO1. The molecule has 1 aromatic rings. The minimum Gasteiger partial charge on any atom is -0.452 e. The predicted molar refractivity (Wildman–Crippen MR) is 74.7 cm³/mol. The average molecular weight is 373 g/mol. The van der Waals surface area contributed by atoms with Crippen LogP contribution in [0, 0.1) is 0 Å². The fourth-order valence-electron chi connectivity index (χ4n) is 1.97. The third-order valence-electron chi connectivity index (χ3n) is 2.98. The molecule has 0 aliphatic carbocycles. The van der Waals surface area contributed by atoms with Gasteiger partial charge in [-0.2, -0.15) is 4.31 Å². The lowest BCUT2D eigenvalue weighted by Crippen LogP contribution is -2.50. The van der Waals surface area contributed by atoms with Gasteiger partial charge in [0, 0.05) is 18.7 Å². The van der Waals surface area contributed by atoms with Crippen molar-refractivity contribution < 1.29 is 17.6 Å². The fourth-order valence-corrected chi connectivity index (χ4v) is 4.76. The van der Waals surface area contributed by atoms with E-state index < -0.39 is 10.0 Å². The Balaban J connectivity index is 2.37. The lowest BCUT2D eigenvalue weighted by molar-refractivity contribution is -0.0170. The summed E-state index contributed by atoms with van der Waals surface area (Å²) < 4.78 is 37.6. The van der Waals surface area contributed by atoms with Crippen LogP contribution in [-0.4, -0.2) is 38.0 Å². The molecule has 0 spiro atoms. The first-order valence-corrected chi connectivity index (χ1v) is 8.60. The maximum Gasteiger partial charge on any atom is 0.247 e. The third-order valence-corrected chi connectivity index (χ3v) is 6.08. The summed E-state index contributed by atoms with van der Waals surface area (Å²) >= 11 is 8.79. The van der Waals surface area contributed by atoms with Crippen LogP contribution in [0.3, 0.4) is 0 Å². The highest BCUT2D eigenvalue weighted by atomic mass is 79.9. The van der Waals surface area contributed by atoms with Gasteiger partial charge in [-0.05, 0) is 29.8 Å². The van der Waals surface area contributed by atoms with Gasteiger partial charge in [0.25, 0.3) is 0 Å². The van der Waals surface area contributed by atoms with Gasteiger partial charge in [0.15, 0.2) is 4.67 Å². The Kier molecular flexibility index (Phi) is 4.62. The van der Waals surface area contributed by atoms with E-state index >= 15 is 0 Å². The number of sulfonamides is 1. The fraction of sp³-hybridized carbons (Fsp3) is 0.636. The Morgan fingerprint density at radius 3 is 2.79 bits per heavy atom. The maximum absolute atomic E-state index is 12.6. The van der Waals surface area contributed by atoms with Crippen LogP contribution >= 0.6 is 27.5 Å². The van der Waals surface area contributed by atoms with Crippen LogP contribution in [0.4, 0.5) is 0 Å². The summed E-state index contributed by atoms with van der Waals surface area (Å²) in [7, 11) is -3.61. The number of furan rings is 1. The van der Waals surface area contributed by atoms with Gasteiger partial charge in [0.2, 0.25) is 10.0 Å². The number of rotatable bonds is 3. The summed E-state index contributed by atoms with van der Waals surface area (Å²) in [5.74, 6) is 0.546. The normalized spacial score (nSPS) is 25.7. The second-order valence-corrected chi connectivity index (χ2v) is 7.40. The second-order valence-electron chi connectivity index (χ2n) is 4.55. The lowest BCUT2D eigenvalue weighted by Gasteiger charge is -2.35. The molecule has 0 N–H and O–H groups in total. The molecule has 0 radical (unpaired) electrons. The quantitative estimate of drug-likeness (QED) is 0.765. The van der Waals surface area contributed by atoms with E-state index in [4.69, 9.17) is 20.8 Å². The molecular formula is C11H15BrClNO4S. The Hall–Kier alpha value is -0.0800. The zero-order valence-electron chi connectivity index (χ0n) is 10.6. The number of alkyl halides is 1. The van der Waals surface area contributed by atoms with Crippen LogP contribution in [0.1, 0.15) is 19.6 Å². The summed E-state index contributed by atoms with van der Waals surface area (Å²) in [5, 5.41) is 0. The number of ether oxygens (including phenoxy) is 1. The molecule has 8 heteroatoms. The van der Waals surface area contributed by atoms with Crippen LogP contribution in [0.25, 0.3) is 0 Å². The van der Waals surface area contributed by atoms with Crippen molar-refractivity contribution >= 4 is 37.6 Å². The topological polar surface area (TPSA) is 59.8 Å². The van der Waals surface area contributed by atoms with E-state index in [1.165, 1.54) is 10.4 Å². The molecule has 1 aliphatic rings. The zero-order valence-corrected chi connectivity index (χ0v) is 13.8. The molecule has 2 rings (SSSR count). The van der Waals surface area contributed by atoms with Gasteiger partial charge in [0.1, 0.15) is 10.7 Å². The first-order chi connectivity index (χ1) is 8.86. The first kappa shape index (κ1) is 15.3. The Morgan fingerprint density at radius 1 is 1.53 bits per heavy atom. The molecule has 1 fully saturated rings. The molecule has 2 atom stereocenters. The molecule has 1 aromatic heterocycles. The molecular weight excluding hydrogens is 358 g/mol. The van der Waals surface area contributed by atoms with Crippen molar-refractivity contribution in [3.8, 4) is 0 Å². The van der Waals surface area contributed by atoms with E-state index in [1.807, 2.05) is 13.8 Å². The monoisotopic (exact) mass is 371 g/mol. The highest BCUT2D eigenvalue weighted by molar-refractivity contribution is 9.10. The Morgan fingerprint density at radius 2 is 2.21 bits per heavy atom. The minimum atomic E-state index is -3.61. The van der Waals surface area contributed by atoms with E-state index in [0.29, 0.717) is 18.9 Å². The van der Waals surface area contributed by atoms with Crippen molar-refractivity contribution in [1.29, 1.82) is 0 Å². The molecule has 2 unspecified atom stereocenters. The summed E-state index contributed by atoms with van der Waals surface area (Å²) in [6.45, 7) is 4.39. The van der Waals surface area contributed by atoms with E-state index in [1.54, 1.807) is 0 Å². The molecule has 2 heterocycles. The summed E-state index contributed by atoms with van der Waals surface area (Å²) in [4.78, 5) is 0.115. The predicted octanol–water partition coefficient (Wildman–Crippen LogP) is 2.58. The summed E-state index contributed by atoms with van der Waals surface area (Å²) in [5.41, 5.74) is 0. The van der Waals surface area contributed by atoms with Gasteiger partial charge in [-0.3, -0.25) is 0 Å². The van der Waals surface area contributed by atoms with Crippen LogP contribution in [0.15, 0.2) is 20.0 Å². The molecule has 0 amide bonds. The van der Waals surface area contributed by atoms with Crippen LogP contribution in [-0.2, 0) is 20.6 Å². The van der Waals surface area contributed by atoms with Crippen molar-refractivity contribution in [3.63, 3.8) is 0 Å². The van der Waals surface area contributed by atoms with Crippen LogP contribution in [0.2, 0.25) is 0 Å². The van der Waals surface area contributed by atoms with Gasteiger partial charge in [-0.15, -0.1) is 11.6 Å². The van der Waals surface area contributed by atoms with E-state index in [0.717, 1.165) is 0 Å². The van der Waals surface area contributed by atoms with E-state index in [-0.39, 0.29) is 27.6 Å². The molecule has 1 saturated heterocycles. The van der Waals surface area contributed by atoms with Gasteiger partial charge in [-0.25, -0.2) is 8.42 Å². The third kappa shape index (κ3) is 3.00. The molecule has 0 bridgehead atoms. The number of hydrogen-bond acceptors (Lipinski definition) is 4. The van der Waals surface area contributed by atoms with Crippen LogP contribution < -0.4 is 0 Å². The smallest absolute Gasteiger partial charge is 0.247 e. The molecule has 0 aromatic carbocycles. The van der Waals surface area contributed by atoms with E-state index in [9.17, 15) is 8.42 Å². The van der Waals surface area contributed by atoms with Crippen molar-refractivity contribution in [2.24, 2.45) is 0 Å².